The van der Waals surface area contributed by atoms with Gasteiger partial charge < -0.3 is 25.3 Å². The molecule has 1 amide bonds. The minimum absolute atomic E-state index is 0.253. The van der Waals surface area contributed by atoms with Crippen LogP contribution in [-0.4, -0.2) is 37.2 Å². The predicted octanol–water partition coefficient (Wildman–Crippen LogP) is 1.93. The fraction of sp³-hybridized carbons (Fsp3) is 0.588. The third-order valence-electron chi connectivity index (χ3n) is 4.75. The number of alkyl carbamates (subject to hydrolysis) is 1. The van der Waals surface area contributed by atoms with Gasteiger partial charge in [0.2, 0.25) is 0 Å². The quantitative estimate of drug-likeness (QED) is 0.886. The van der Waals surface area contributed by atoms with Crippen molar-refractivity contribution in [3.05, 3.63) is 35.9 Å². The van der Waals surface area contributed by atoms with Crippen LogP contribution in [0.2, 0.25) is 0 Å². The number of nitrogens with one attached hydrogen (secondary N) is 1. The zero-order valence-electron chi connectivity index (χ0n) is 13.3. The van der Waals surface area contributed by atoms with Gasteiger partial charge in [-0.3, -0.25) is 0 Å². The second-order valence-corrected chi connectivity index (χ2v) is 6.28. The molecule has 1 aromatic carbocycles. The number of nitrogens with two attached hydrogens (primary N) is 1. The minimum Gasteiger partial charge on any atom is -0.445 e. The molecule has 126 valence electrons. The van der Waals surface area contributed by atoms with Crippen LogP contribution in [-0.2, 0) is 20.8 Å². The molecule has 1 saturated carbocycles. The molecule has 1 saturated heterocycles. The Hall–Kier alpha value is -1.63. The van der Waals surface area contributed by atoms with Crippen molar-refractivity contribution >= 4 is 6.09 Å². The first-order valence-corrected chi connectivity index (χ1v) is 8.12. The van der Waals surface area contributed by atoms with Crippen LogP contribution in [0.4, 0.5) is 4.79 Å². The van der Waals surface area contributed by atoms with E-state index in [1.165, 1.54) is 0 Å². The van der Waals surface area contributed by atoms with Crippen LogP contribution >= 0.6 is 0 Å². The van der Waals surface area contributed by atoms with Gasteiger partial charge in [-0.25, -0.2) is 4.79 Å². The Labute approximate surface area is 136 Å². The number of ether oxygens (including phenoxy) is 3. The molecule has 6 heteroatoms. The minimum atomic E-state index is -0.464. The first-order chi connectivity index (χ1) is 11.2. The number of rotatable bonds is 4. The van der Waals surface area contributed by atoms with Crippen molar-refractivity contribution in [3.8, 4) is 0 Å². The largest absolute Gasteiger partial charge is 0.445 e. The number of benzene rings is 1. The molecule has 2 fully saturated rings. The molecular formula is C17H24N2O4. The SMILES string of the molecule is NCC1(NC(=O)OCc2ccccc2)CCC2(CC1)OCCO2. The van der Waals surface area contributed by atoms with Gasteiger partial charge in [0.25, 0.3) is 0 Å². The van der Waals surface area contributed by atoms with Gasteiger partial charge in [-0.1, -0.05) is 30.3 Å². The molecule has 3 N–H and O–H groups in total. The Morgan fingerprint density at radius 3 is 2.39 bits per heavy atom. The fourth-order valence-electron chi connectivity index (χ4n) is 3.25. The summed E-state index contributed by atoms with van der Waals surface area (Å²) >= 11 is 0. The summed E-state index contributed by atoms with van der Waals surface area (Å²) in [5.41, 5.74) is 6.45. The summed E-state index contributed by atoms with van der Waals surface area (Å²) in [6.45, 7) is 1.91. The monoisotopic (exact) mass is 320 g/mol. The van der Waals surface area contributed by atoms with Gasteiger partial charge in [-0.05, 0) is 18.4 Å². The van der Waals surface area contributed by atoms with Crippen molar-refractivity contribution in [1.29, 1.82) is 0 Å². The maximum absolute atomic E-state index is 12.1. The summed E-state index contributed by atoms with van der Waals surface area (Å²) in [6, 6.07) is 9.61. The molecule has 1 aliphatic heterocycles. The first kappa shape index (κ1) is 16.2. The summed E-state index contributed by atoms with van der Waals surface area (Å²) in [5, 5.41) is 2.96. The normalized spacial score (nSPS) is 22.0. The van der Waals surface area contributed by atoms with Crippen LogP contribution < -0.4 is 11.1 Å². The highest BCUT2D eigenvalue weighted by Gasteiger charge is 2.46. The van der Waals surface area contributed by atoms with E-state index in [1.807, 2.05) is 30.3 Å². The molecule has 1 heterocycles. The highest BCUT2D eigenvalue weighted by Crippen LogP contribution is 2.39. The van der Waals surface area contributed by atoms with E-state index in [0.717, 1.165) is 31.2 Å². The van der Waals surface area contributed by atoms with Crippen molar-refractivity contribution in [2.75, 3.05) is 19.8 Å². The Balaban J connectivity index is 1.51. The average molecular weight is 320 g/mol. The molecular weight excluding hydrogens is 296 g/mol. The number of carbonyl (C=O) groups excluding carboxylic acids is 1. The zero-order valence-corrected chi connectivity index (χ0v) is 13.3. The molecule has 23 heavy (non-hydrogen) atoms. The standard InChI is InChI=1S/C17H24N2O4/c18-13-16(6-8-17(9-7-16)22-10-11-23-17)19-15(20)21-12-14-4-2-1-3-5-14/h1-5H,6-13,18H2,(H,19,20). The van der Waals surface area contributed by atoms with Crippen LogP contribution in [0.3, 0.4) is 0 Å². The van der Waals surface area contributed by atoms with E-state index in [-0.39, 0.29) is 6.61 Å². The number of amides is 1. The van der Waals surface area contributed by atoms with Gasteiger partial charge in [0.1, 0.15) is 6.61 Å². The smallest absolute Gasteiger partial charge is 0.407 e. The van der Waals surface area contributed by atoms with Crippen LogP contribution in [0, 0.1) is 0 Å². The lowest BCUT2D eigenvalue weighted by Gasteiger charge is -2.43. The molecule has 0 aromatic heterocycles. The molecule has 6 nitrogen and oxygen atoms in total. The lowest BCUT2D eigenvalue weighted by atomic mass is 9.78. The van der Waals surface area contributed by atoms with Crippen LogP contribution in [0.25, 0.3) is 0 Å². The number of hydrogen-bond donors (Lipinski definition) is 2. The van der Waals surface area contributed by atoms with Gasteiger partial charge in [-0.15, -0.1) is 0 Å². The summed E-state index contributed by atoms with van der Waals surface area (Å²) in [6.07, 6.45) is 2.50. The van der Waals surface area contributed by atoms with Gasteiger partial charge in [0.15, 0.2) is 5.79 Å². The summed E-state index contributed by atoms with van der Waals surface area (Å²) < 4.78 is 16.8. The van der Waals surface area contributed by atoms with Crippen molar-refractivity contribution in [3.63, 3.8) is 0 Å². The van der Waals surface area contributed by atoms with Gasteiger partial charge in [0, 0.05) is 19.4 Å². The van der Waals surface area contributed by atoms with Crippen molar-refractivity contribution in [2.45, 2.75) is 43.6 Å². The van der Waals surface area contributed by atoms with Crippen LogP contribution in [0.15, 0.2) is 30.3 Å². The second kappa shape index (κ2) is 6.86. The molecule has 0 atom stereocenters. The Morgan fingerprint density at radius 2 is 1.78 bits per heavy atom. The van der Waals surface area contributed by atoms with Crippen molar-refractivity contribution in [2.24, 2.45) is 5.73 Å². The summed E-state index contributed by atoms with van der Waals surface area (Å²) in [5.74, 6) is -0.464. The van der Waals surface area contributed by atoms with Gasteiger partial charge in [-0.2, -0.15) is 0 Å². The average Bonchev–Trinajstić information content (AvgIpc) is 3.05. The maximum Gasteiger partial charge on any atom is 0.407 e. The van der Waals surface area contributed by atoms with E-state index in [4.69, 9.17) is 19.9 Å². The van der Waals surface area contributed by atoms with Crippen molar-refractivity contribution < 1.29 is 19.0 Å². The molecule has 3 rings (SSSR count). The van der Waals surface area contributed by atoms with E-state index in [9.17, 15) is 4.79 Å². The molecule has 0 radical (unpaired) electrons. The molecule has 0 bridgehead atoms. The van der Waals surface area contributed by atoms with E-state index < -0.39 is 17.4 Å². The first-order valence-electron chi connectivity index (χ1n) is 8.12. The highest BCUT2D eigenvalue weighted by molar-refractivity contribution is 5.68. The molecule has 1 aromatic rings. The summed E-state index contributed by atoms with van der Waals surface area (Å²) in [7, 11) is 0. The van der Waals surface area contributed by atoms with Crippen molar-refractivity contribution in [1.82, 2.24) is 5.32 Å². The van der Waals surface area contributed by atoms with Gasteiger partial charge >= 0.3 is 6.09 Å². The summed E-state index contributed by atoms with van der Waals surface area (Å²) in [4.78, 5) is 12.1. The highest BCUT2D eigenvalue weighted by atomic mass is 16.7. The molecule has 1 spiro atoms. The van der Waals surface area contributed by atoms with E-state index in [2.05, 4.69) is 5.32 Å². The number of carbonyl (C=O) groups is 1. The molecule has 1 aliphatic carbocycles. The Kier molecular flexibility index (Phi) is 4.84. The van der Waals surface area contributed by atoms with Crippen LogP contribution in [0.5, 0.6) is 0 Å². The zero-order chi connectivity index (χ0) is 16.2. The maximum atomic E-state index is 12.1. The van der Waals surface area contributed by atoms with E-state index in [0.29, 0.717) is 19.8 Å². The molecule has 0 unspecified atom stereocenters. The molecule has 2 aliphatic rings. The Bertz CT molecular complexity index is 519. The number of hydrogen-bond acceptors (Lipinski definition) is 5. The van der Waals surface area contributed by atoms with E-state index in [1.54, 1.807) is 0 Å². The third-order valence-corrected chi connectivity index (χ3v) is 4.75. The predicted molar refractivity (Wildman–Crippen MR) is 84.7 cm³/mol. The van der Waals surface area contributed by atoms with Gasteiger partial charge in [0.05, 0.1) is 18.8 Å². The second-order valence-electron chi connectivity index (χ2n) is 6.28. The topological polar surface area (TPSA) is 82.8 Å². The fourth-order valence-corrected chi connectivity index (χ4v) is 3.25. The lowest BCUT2D eigenvalue weighted by molar-refractivity contribution is -0.185. The van der Waals surface area contributed by atoms with Crippen LogP contribution in [0.1, 0.15) is 31.2 Å². The third kappa shape index (κ3) is 3.83. The van der Waals surface area contributed by atoms with E-state index >= 15 is 0 Å². The Morgan fingerprint density at radius 1 is 1.13 bits per heavy atom. The lowest BCUT2D eigenvalue weighted by Crippen LogP contribution is -2.58.